The van der Waals surface area contributed by atoms with E-state index in [4.69, 9.17) is 4.42 Å². The van der Waals surface area contributed by atoms with Crippen LogP contribution in [-0.4, -0.2) is 50.1 Å². The van der Waals surface area contributed by atoms with Gasteiger partial charge < -0.3 is 20.2 Å². The quantitative estimate of drug-likeness (QED) is 0.344. The molecule has 1 aromatic rings. The first-order valence-corrected chi connectivity index (χ1v) is 9.16. The lowest BCUT2D eigenvalue weighted by Gasteiger charge is -2.20. The van der Waals surface area contributed by atoms with Crippen LogP contribution in [0.25, 0.3) is 0 Å². The van der Waals surface area contributed by atoms with Gasteiger partial charge in [-0.25, -0.2) is 13.4 Å². The fraction of sp³-hybridized carbons (Fsp3) is 0.643. The maximum atomic E-state index is 11.5. The number of guanidine groups is 1. The summed E-state index contributed by atoms with van der Waals surface area (Å²) in [5.74, 6) is 1.26. The Morgan fingerprint density at radius 1 is 1.57 bits per heavy atom. The van der Waals surface area contributed by atoms with Crippen LogP contribution < -0.4 is 10.6 Å². The second-order valence-electron chi connectivity index (χ2n) is 5.69. The number of sulfone groups is 1. The van der Waals surface area contributed by atoms with Crippen LogP contribution in [-0.2, 0) is 15.4 Å². The van der Waals surface area contributed by atoms with Gasteiger partial charge in [0, 0.05) is 12.6 Å². The largest absolute Gasteiger partial charge is 0.466 e. The van der Waals surface area contributed by atoms with E-state index in [2.05, 4.69) is 15.6 Å². The van der Waals surface area contributed by atoms with Gasteiger partial charge in [0.15, 0.2) is 15.8 Å². The van der Waals surface area contributed by atoms with E-state index in [-0.39, 0.29) is 48.1 Å². The first kappa shape index (κ1) is 20.2. The van der Waals surface area contributed by atoms with Crippen molar-refractivity contribution in [2.45, 2.75) is 31.9 Å². The Bertz CT molecular complexity index is 614. The Morgan fingerprint density at radius 2 is 2.30 bits per heavy atom. The third-order valence-corrected chi connectivity index (χ3v) is 5.28. The Balaban J connectivity index is 0.00000264. The summed E-state index contributed by atoms with van der Waals surface area (Å²) in [6, 6.07) is 3.26. The van der Waals surface area contributed by atoms with Gasteiger partial charge in [0.2, 0.25) is 0 Å². The van der Waals surface area contributed by atoms with Crippen LogP contribution in [0.15, 0.2) is 27.8 Å². The Labute approximate surface area is 153 Å². The van der Waals surface area contributed by atoms with Crippen molar-refractivity contribution in [2.75, 3.05) is 24.6 Å². The zero-order valence-electron chi connectivity index (χ0n) is 13.3. The van der Waals surface area contributed by atoms with Gasteiger partial charge >= 0.3 is 0 Å². The molecule has 1 aliphatic rings. The monoisotopic (exact) mass is 457 g/mol. The molecule has 2 rings (SSSR count). The van der Waals surface area contributed by atoms with Gasteiger partial charge in [-0.1, -0.05) is 0 Å². The molecule has 2 heterocycles. The second-order valence-corrected chi connectivity index (χ2v) is 7.92. The molecule has 7 nitrogen and oxygen atoms in total. The minimum atomic E-state index is -2.94. The van der Waals surface area contributed by atoms with Gasteiger partial charge in [0.25, 0.3) is 0 Å². The molecule has 0 amide bonds. The highest BCUT2D eigenvalue weighted by Crippen LogP contribution is 2.21. The molecule has 2 unspecified atom stereocenters. The number of nitrogens with zero attached hydrogens (tertiary/aromatic N) is 1. The highest BCUT2D eigenvalue weighted by atomic mass is 127. The van der Waals surface area contributed by atoms with E-state index in [1.807, 2.05) is 6.92 Å². The fourth-order valence-electron chi connectivity index (χ4n) is 2.32. The number of hydrogen-bond donors (Lipinski definition) is 3. The van der Waals surface area contributed by atoms with E-state index in [0.29, 0.717) is 24.7 Å². The number of halogens is 1. The van der Waals surface area contributed by atoms with Crippen LogP contribution >= 0.6 is 24.0 Å². The number of rotatable bonds is 5. The molecule has 2 atom stereocenters. The Morgan fingerprint density at radius 3 is 2.83 bits per heavy atom. The summed E-state index contributed by atoms with van der Waals surface area (Å²) in [5, 5.41) is 16.5. The molecule has 0 radical (unpaired) electrons. The molecule has 0 spiro atoms. The first-order chi connectivity index (χ1) is 10.3. The Hall–Kier alpha value is -0.810. The third kappa shape index (κ3) is 5.96. The summed E-state index contributed by atoms with van der Waals surface area (Å²) in [5.41, 5.74) is -1.21. The topological polar surface area (TPSA) is 104 Å². The van der Waals surface area contributed by atoms with Gasteiger partial charge in [-0.15, -0.1) is 24.0 Å². The summed E-state index contributed by atoms with van der Waals surface area (Å²) in [7, 11) is -2.94. The van der Waals surface area contributed by atoms with Crippen molar-refractivity contribution in [3.63, 3.8) is 0 Å². The lowest BCUT2D eigenvalue weighted by molar-refractivity contribution is 0.0437. The van der Waals surface area contributed by atoms with Crippen molar-refractivity contribution in [3.05, 3.63) is 24.2 Å². The maximum Gasteiger partial charge on any atom is 0.191 e. The highest BCUT2D eigenvalue weighted by molar-refractivity contribution is 14.0. The molecular weight excluding hydrogens is 433 g/mol. The number of furan rings is 1. The van der Waals surface area contributed by atoms with E-state index in [9.17, 15) is 13.5 Å². The third-order valence-electron chi connectivity index (χ3n) is 3.51. The molecule has 9 heteroatoms. The summed E-state index contributed by atoms with van der Waals surface area (Å²) >= 11 is 0. The normalized spacial score (nSPS) is 22.9. The smallest absolute Gasteiger partial charge is 0.191 e. The molecule has 1 aromatic heterocycles. The van der Waals surface area contributed by atoms with Crippen molar-refractivity contribution >= 4 is 39.8 Å². The Kier molecular flexibility index (Phi) is 7.33. The average molecular weight is 457 g/mol. The molecule has 132 valence electrons. The molecule has 1 aliphatic heterocycles. The van der Waals surface area contributed by atoms with Crippen LogP contribution in [0.4, 0.5) is 0 Å². The van der Waals surface area contributed by atoms with Crippen molar-refractivity contribution in [3.8, 4) is 0 Å². The van der Waals surface area contributed by atoms with Crippen LogP contribution in [0.2, 0.25) is 0 Å². The van der Waals surface area contributed by atoms with E-state index < -0.39 is 15.4 Å². The van der Waals surface area contributed by atoms with Crippen LogP contribution in [0.5, 0.6) is 0 Å². The predicted molar refractivity (Wildman–Crippen MR) is 99.9 cm³/mol. The average Bonchev–Trinajstić information content (AvgIpc) is 3.06. The molecule has 0 aliphatic carbocycles. The second kappa shape index (κ2) is 8.34. The van der Waals surface area contributed by atoms with Gasteiger partial charge in [0.1, 0.15) is 11.4 Å². The van der Waals surface area contributed by atoms with Crippen LogP contribution in [0, 0.1) is 0 Å². The van der Waals surface area contributed by atoms with Crippen LogP contribution in [0.3, 0.4) is 0 Å². The predicted octanol–water partition coefficient (Wildman–Crippen LogP) is 0.847. The summed E-state index contributed by atoms with van der Waals surface area (Å²) in [6.07, 6.45) is 2.07. The van der Waals surface area contributed by atoms with Crippen LogP contribution in [0.1, 0.15) is 26.0 Å². The molecular formula is C14H24IN3O4S. The standard InChI is InChI=1S/C14H23N3O4S.HI/c1-3-15-13(17-11-6-8-22(19,20)9-11)16-10-14(2,18)12-5-4-7-21-12;/h4-5,7,11,18H,3,6,8-10H2,1-2H3,(H2,15,16,17);1H. The maximum absolute atomic E-state index is 11.5. The van der Waals surface area contributed by atoms with Gasteiger partial charge in [-0.2, -0.15) is 0 Å². The number of aliphatic hydroxyl groups is 1. The van der Waals surface area contributed by atoms with Crippen molar-refractivity contribution < 1.29 is 17.9 Å². The van der Waals surface area contributed by atoms with Gasteiger partial charge in [-0.05, 0) is 32.4 Å². The first-order valence-electron chi connectivity index (χ1n) is 7.34. The minimum absolute atomic E-state index is 0. The fourth-order valence-corrected chi connectivity index (χ4v) is 3.99. The van der Waals surface area contributed by atoms with Crippen molar-refractivity contribution in [2.24, 2.45) is 4.99 Å². The number of nitrogens with one attached hydrogen (secondary N) is 2. The lowest BCUT2D eigenvalue weighted by Crippen LogP contribution is -2.44. The molecule has 0 aromatic carbocycles. The summed E-state index contributed by atoms with van der Waals surface area (Å²) < 4.78 is 28.2. The lowest BCUT2D eigenvalue weighted by atomic mass is 10.0. The zero-order valence-corrected chi connectivity index (χ0v) is 16.4. The molecule has 3 N–H and O–H groups in total. The van der Waals surface area contributed by atoms with E-state index in [1.54, 1.807) is 19.1 Å². The molecule has 23 heavy (non-hydrogen) atoms. The molecule has 1 fully saturated rings. The van der Waals surface area contributed by atoms with E-state index >= 15 is 0 Å². The molecule has 0 saturated carbocycles. The number of hydrogen-bond acceptors (Lipinski definition) is 5. The zero-order chi connectivity index (χ0) is 16.2. The summed E-state index contributed by atoms with van der Waals surface area (Å²) in [6.45, 7) is 4.30. The van der Waals surface area contributed by atoms with Crippen molar-refractivity contribution in [1.29, 1.82) is 0 Å². The number of aliphatic imine (C=N–C) groups is 1. The van der Waals surface area contributed by atoms with Gasteiger partial charge in [0.05, 0.1) is 24.3 Å². The summed E-state index contributed by atoms with van der Waals surface area (Å²) in [4.78, 5) is 4.34. The van der Waals surface area contributed by atoms with E-state index in [1.165, 1.54) is 6.26 Å². The van der Waals surface area contributed by atoms with Crippen molar-refractivity contribution in [1.82, 2.24) is 10.6 Å². The minimum Gasteiger partial charge on any atom is -0.466 e. The SMILES string of the molecule is CCNC(=NCC(C)(O)c1ccco1)NC1CCS(=O)(=O)C1.I. The molecule has 0 bridgehead atoms. The highest BCUT2D eigenvalue weighted by Gasteiger charge is 2.29. The van der Waals surface area contributed by atoms with E-state index in [0.717, 1.165) is 0 Å². The molecule has 1 saturated heterocycles. The van der Waals surface area contributed by atoms with Gasteiger partial charge in [-0.3, -0.25) is 0 Å².